The van der Waals surface area contributed by atoms with Crippen LogP contribution in [0.1, 0.15) is 23.4 Å². The van der Waals surface area contributed by atoms with Gasteiger partial charge in [-0.1, -0.05) is 18.2 Å². The van der Waals surface area contributed by atoms with Crippen molar-refractivity contribution in [1.29, 1.82) is 0 Å². The van der Waals surface area contributed by atoms with E-state index in [1.165, 1.54) is 0 Å². The zero-order valence-corrected chi connectivity index (χ0v) is 15.3. The largest absolute Gasteiger partial charge is 0.380 e. The lowest BCUT2D eigenvalue weighted by atomic mass is 10.1. The fourth-order valence-corrected chi connectivity index (χ4v) is 3.47. The lowest BCUT2D eigenvalue weighted by Gasteiger charge is -2.18. The van der Waals surface area contributed by atoms with E-state index in [4.69, 9.17) is 4.74 Å². The Hall–Kier alpha value is -2.18. The minimum Gasteiger partial charge on any atom is -0.380 e. The van der Waals surface area contributed by atoms with Gasteiger partial charge in [-0.05, 0) is 39.4 Å². The molecule has 1 aliphatic heterocycles. The van der Waals surface area contributed by atoms with Gasteiger partial charge in [0.15, 0.2) is 0 Å². The maximum Gasteiger partial charge on any atom is 0.237 e. The summed E-state index contributed by atoms with van der Waals surface area (Å²) in [5.74, 6) is 0.0494. The third-order valence-corrected chi connectivity index (χ3v) is 5.03. The van der Waals surface area contributed by atoms with Gasteiger partial charge in [-0.2, -0.15) is 5.10 Å². The van der Waals surface area contributed by atoms with E-state index < -0.39 is 0 Å². The van der Waals surface area contributed by atoms with Gasteiger partial charge in [-0.15, -0.1) is 0 Å². The summed E-state index contributed by atoms with van der Waals surface area (Å²) < 4.78 is 7.31. The lowest BCUT2D eigenvalue weighted by molar-refractivity contribution is -0.125. The molecule has 134 valence electrons. The number of likely N-dealkylation sites (tertiary alicyclic amines) is 1. The van der Waals surface area contributed by atoms with Crippen LogP contribution in [0.3, 0.4) is 0 Å². The summed E-state index contributed by atoms with van der Waals surface area (Å²) in [6, 6.07) is 9.90. The Kier molecular flexibility index (Phi) is 5.20. The van der Waals surface area contributed by atoms with Gasteiger partial charge in [-0.25, -0.2) is 4.68 Å². The standard InChI is InChI=1S/C19H26N4O2/c1-13-17(14(2)23(21-13)15-8-6-5-7-9-15)11-20-19(24)18-10-16(25-4)12-22(18)3/h5-9,16,18H,10-12H2,1-4H3,(H,20,24)/t16-,18-/m0/s1. The second-order valence-corrected chi connectivity index (χ2v) is 6.66. The summed E-state index contributed by atoms with van der Waals surface area (Å²) >= 11 is 0. The van der Waals surface area contributed by atoms with E-state index in [1.54, 1.807) is 7.11 Å². The molecule has 0 aliphatic carbocycles. The van der Waals surface area contributed by atoms with Crippen LogP contribution in [0.25, 0.3) is 5.69 Å². The Morgan fingerprint density at radius 1 is 1.32 bits per heavy atom. The Bertz CT molecular complexity index is 741. The number of hydrogen-bond acceptors (Lipinski definition) is 4. The van der Waals surface area contributed by atoms with Crippen molar-refractivity contribution >= 4 is 5.91 Å². The van der Waals surface area contributed by atoms with Crippen LogP contribution < -0.4 is 5.32 Å². The van der Waals surface area contributed by atoms with Crippen molar-refractivity contribution < 1.29 is 9.53 Å². The molecular formula is C19H26N4O2. The van der Waals surface area contributed by atoms with Crippen LogP contribution in [0.15, 0.2) is 30.3 Å². The van der Waals surface area contributed by atoms with Crippen LogP contribution in [-0.4, -0.2) is 53.4 Å². The van der Waals surface area contributed by atoms with Gasteiger partial charge in [0, 0.05) is 31.5 Å². The first-order valence-electron chi connectivity index (χ1n) is 8.62. The van der Waals surface area contributed by atoms with Gasteiger partial charge in [0.2, 0.25) is 5.91 Å². The van der Waals surface area contributed by atoms with Crippen LogP contribution in [0.5, 0.6) is 0 Å². The van der Waals surface area contributed by atoms with Crippen molar-refractivity contribution in [3.05, 3.63) is 47.3 Å². The molecule has 1 aromatic carbocycles. The number of carbonyl (C=O) groups excluding carboxylic acids is 1. The fraction of sp³-hybridized carbons (Fsp3) is 0.474. The maximum atomic E-state index is 12.6. The van der Waals surface area contributed by atoms with E-state index in [-0.39, 0.29) is 18.1 Å². The van der Waals surface area contributed by atoms with Crippen LogP contribution in [0, 0.1) is 13.8 Å². The van der Waals surface area contributed by atoms with Crippen molar-refractivity contribution in [3.8, 4) is 5.69 Å². The smallest absolute Gasteiger partial charge is 0.237 e. The van der Waals surface area contributed by atoms with E-state index in [9.17, 15) is 4.79 Å². The molecule has 6 heteroatoms. The SMILES string of the molecule is CO[C@H]1C[C@@H](C(=O)NCc2c(C)nn(-c3ccccc3)c2C)N(C)C1. The second-order valence-electron chi connectivity index (χ2n) is 6.66. The molecule has 1 aliphatic rings. The Morgan fingerprint density at radius 2 is 2.04 bits per heavy atom. The number of amides is 1. The lowest BCUT2D eigenvalue weighted by Crippen LogP contribution is -2.41. The number of aryl methyl sites for hydroxylation is 1. The van der Waals surface area contributed by atoms with Crippen molar-refractivity contribution in [2.24, 2.45) is 0 Å². The zero-order chi connectivity index (χ0) is 18.0. The second kappa shape index (κ2) is 7.37. The van der Waals surface area contributed by atoms with Gasteiger partial charge in [0.05, 0.1) is 23.5 Å². The maximum absolute atomic E-state index is 12.6. The third-order valence-electron chi connectivity index (χ3n) is 5.03. The van der Waals surface area contributed by atoms with E-state index in [0.717, 1.165) is 35.6 Å². The summed E-state index contributed by atoms with van der Waals surface area (Å²) in [7, 11) is 3.66. The first kappa shape index (κ1) is 17.6. The Balaban J connectivity index is 1.70. The number of ether oxygens (including phenoxy) is 1. The zero-order valence-electron chi connectivity index (χ0n) is 15.3. The minimum atomic E-state index is -0.130. The third kappa shape index (κ3) is 3.60. The van der Waals surface area contributed by atoms with Crippen LogP contribution in [0.4, 0.5) is 0 Å². The van der Waals surface area contributed by atoms with Gasteiger partial charge >= 0.3 is 0 Å². The van der Waals surface area contributed by atoms with Crippen molar-refractivity contribution in [3.63, 3.8) is 0 Å². The molecule has 1 saturated heterocycles. The number of rotatable bonds is 5. The van der Waals surface area contributed by atoms with Crippen molar-refractivity contribution in [1.82, 2.24) is 20.0 Å². The highest BCUT2D eigenvalue weighted by molar-refractivity contribution is 5.82. The number of nitrogens with zero attached hydrogens (tertiary/aromatic N) is 3. The van der Waals surface area contributed by atoms with E-state index in [1.807, 2.05) is 55.9 Å². The predicted octanol–water partition coefficient (Wildman–Crippen LogP) is 1.82. The average Bonchev–Trinajstić information content (AvgIpc) is 3.13. The average molecular weight is 342 g/mol. The molecule has 2 atom stereocenters. The number of carbonyl (C=O) groups is 1. The number of hydrogen-bond donors (Lipinski definition) is 1. The summed E-state index contributed by atoms with van der Waals surface area (Å²) in [6.07, 6.45) is 0.866. The highest BCUT2D eigenvalue weighted by atomic mass is 16.5. The Labute approximate surface area is 148 Å². The molecule has 1 amide bonds. The van der Waals surface area contributed by atoms with Crippen molar-refractivity contribution in [2.45, 2.75) is 39.0 Å². The number of benzene rings is 1. The summed E-state index contributed by atoms with van der Waals surface area (Å²) in [5, 5.41) is 7.70. The molecule has 2 aromatic rings. The molecule has 0 spiro atoms. The van der Waals surface area contributed by atoms with Crippen LogP contribution in [0.2, 0.25) is 0 Å². The molecule has 3 rings (SSSR count). The number of methoxy groups -OCH3 is 1. The first-order valence-corrected chi connectivity index (χ1v) is 8.62. The van der Waals surface area contributed by atoms with Gasteiger partial charge in [-0.3, -0.25) is 9.69 Å². The molecule has 1 aromatic heterocycles. The molecule has 1 N–H and O–H groups in total. The first-order chi connectivity index (χ1) is 12.0. The van der Waals surface area contributed by atoms with E-state index in [2.05, 4.69) is 15.3 Å². The number of aromatic nitrogens is 2. The van der Waals surface area contributed by atoms with E-state index >= 15 is 0 Å². The monoisotopic (exact) mass is 342 g/mol. The van der Waals surface area contributed by atoms with Crippen LogP contribution in [-0.2, 0) is 16.1 Å². The fourth-order valence-electron chi connectivity index (χ4n) is 3.47. The number of para-hydroxylation sites is 1. The molecule has 2 heterocycles. The molecule has 0 bridgehead atoms. The quantitative estimate of drug-likeness (QED) is 0.900. The van der Waals surface area contributed by atoms with Crippen LogP contribution >= 0.6 is 0 Å². The minimum absolute atomic E-state index is 0.0494. The highest BCUT2D eigenvalue weighted by Gasteiger charge is 2.34. The van der Waals surface area contributed by atoms with Crippen molar-refractivity contribution in [2.75, 3.05) is 20.7 Å². The van der Waals surface area contributed by atoms with Gasteiger partial charge in [0.1, 0.15) is 0 Å². The molecular weight excluding hydrogens is 316 g/mol. The molecule has 0 saturated carbocycles. The molecule has 6 nitrogen and oxygen atoms in total. The summed E-state index contributed by atoms with van der Waals surface area (Å²) in [5.41, 5.74) is 4.09. The number of likely N-dealkylation sites (N-methyl/N-ethyl adjacent to an activating group) is 1. The molecule has 1 fully saturated rings. The predicted molar refractivity (Wildman–Crippen MR) is 96.7 cm³/mol. The normalized spacial score (nSPS) is 20.8. The van der Waals surface area contributed by atoms with Gasteiger partial charge < -0.3 is 10.1 Å². The summed E-state index contributed by atoms with van der Waals surface area (Å²) in [6.45, 7) is 5.30. The summed E-state index contributed by atoms with van der Waals surface area (Å²) in [4.78, 5) is 14.6. The number of nitrogens with one attached hydrogen (secondary N) is 1. The topological polar surface area (TPSA) is 59.4 Å². The molecule has 25 heavy (non-hydrogen) atoms. The van der Waals surface area contributed by atoms with E-state index in [0.29, 0.717) is 6.54 Å². The Morgan fingerprint density at radius 3 is 2.68 bits per heavy atom. The highest BCUT2D eigenvalue weighted by Crippen LogP contribution is 2.20. The molecule has 0 unspecified atom stereocenters. The molecule has 0 radical (unpaired) electrons. The van der Waals surface area contributed by atoms with Gasteiger partial charge in [0.25, 0.3) is 0 Å².